The Morgan fingerprint density at radius 3 is 2.68 bits per heavy atom. The number of imidazole rings is 1. The van der Waals surface area contributed by atoms with E-state index in [1.54, 1.807) is 0 Å². The lowest BCUT2D eigenvalue weighted by Gasteiger charge is -2.13. The highest BCUT2D eigenvalue weighted by Gasteiger charge is 2.20. The molecule has 160 valence electrons. The van der Waals surface area contributed by atoms with Crippen molar-refractivity contribution in [1.82, 2.24) is 15.3 Å². The molecular formula is C21H16Cl3FN4O2. The van der Waals surface area contributed by atoms with Crippen molar-refractivity contribution in [2.75, 3.05) is 0 Å². The number of halogens is 4. The fourth-order valence-electron chi connectivity index (χ4n) is 2.66. The minimum Gasteiger partial charge on any atom is -0.453 e. The summed E-state index contributed by atoms with van der Waals surface area (Å²) in [5, 5.41) is 12.0. The lowest BCUT2D eigenvalue weighted by atomic mass is 10.2. The van der Waals surface area contributed by atoms with Crippen molar-refractivity contribution in [3.8, 4) is 17.6 Å². The van der Waals surface area contributed by atoms with E-state index in [0.29, 0.717) is 5.82 Å². The molecule has 2 N–H and O–H groups in total. The highest BCUT2D eigenvalue weighted by molar-refractivity contribution is 6.32. The van der Waals surface area contributed by atoms with Crippen LogP contribution in [0.2, 0.25) is 15.2 Å². The van der Waals surface area contributed by atoms with E-state index >= 15 is 4.39 Å². The van der Waals surface area contributed by atoms with E-state index < -0.39 is 11.7 Å². The number of nitrogens with zero attached hydrogens (tertiary/aromatic N) is 2. The smallest absolute Gasteiger partial charge is 0.273 e. The van der Waals surface area contributed by atoms with Gasteiger partial charge in [0, 0.05) is 23.0 Å². The van der Waals surface area contributed by atoms with Gasteiger partial charge in [-0.3, -0.25) is 4.79 Å². The van der Waals surface area contributed by atoms with Crippen LogP contribution in [-0.4, -0.2) is 15.9 Å². The van der Waals surface area contributed by atoms with Crippen molar-refractivity contribution in [2.24, 2.45) is 0 Å². The zero-order valence-electron chi connectivity index (χ0n) is 16.4. The number of benzene rings is 2. The van der Waals surface area contributed by atoms with Gasteiger partial charge in [-0.1, -0.05) is 54.7 Å². The summed E-state index contributed by atoms with van der Waals surface area (Å²) >= 11 is 18.1. The van der Waals surface area contributed by atoms with Crippen LogP contribution in [0, 0.1) is 17.1 Å². The van der Waals surface area contributed by atoms with E-state index in [1.807, 2.05) is 19.9 Å². The number of hydrogen-bond acceptors (Lipinski definition) is 4. The zero-order valence-corrected chi connectivity index (χ0v) is 18.7. The molecule has 0 unspecified atom stereocenters. The molecule has 3 aromatic rings. The summed E-state index contributed by atoms with van der Waals surface area (Å²) in [6, 6.07) is 9.09. The molecule has 0 atom stereocenters. The summed E-state index contributed by atoms with van der Waals surface area (Å²) in [6.07, 6.45) is 0. The maximum atomic E-state index is 15.0. The molecular weight excluding hydrogens is 466 g/mol. The van der Waals surface area contributed by atoms with Crippen LogP contribution in [0.3, 0.4) is 0 Å². The molecule has 1 heterocycles. The van der Waals surface area contributed by atoms with Crippen LogP contribution in [0.1, 0.15) is 47.2 Å². The van der Waals surface area contributed by atoms with E-state index in [9.17, 15) is 4.79 Å². The first-order valence-electron chi connectivity index (χ1n) is 9.08. The lowest BCUT2D eigenvalue weighted by Crippen LogP contribution is -2.24. The molecule has 0 aliphatic rings. The monoisotopic (exact) mass is 480 g/mol. The number of rotatable bonds is 6. The molecule has 0 fully saturated rings. The predicted molar refractivity (Wildman–Crippen MR) is 117 cm³/mol. The van der Waals surface area contributed by atoms with Crippen LogP contribution in [-0.2, 0) is 6.54 Å². The molecule has 0 spiro atoms. The highest BCUT2D eigenvalue weighted by atomic mass is 35.5. The average molecular weight is 482 g/mol. The number of H-pyrrole nitrogens is 1. The Hall–Kier alpha value is -2.79. The predicted octanol–water partition coefficient (Wildman–Crippen LogP) is 6.23. The molecule has 0 saturated heterocycles. The molecule has 0 aliphatic carbocycles. The van der Waals surface area contributed by atoms with Crippen LogP contribution >= 0.6 is 34.8 Å². The second-order valence-electron chi connectivity index (χ2n) is 6.86. The van der Waals surface area contributed by atoms with Crippen molar-refractivity contribution in [3.63, 3.8) is 0 Å². The third-order valence-corrected chi connectivity index (χ3v) is 5.02. The third kappa shape index (κ3) is 5.28. The van der Waals surface area contributed by atoms with Crippen molar-refractivity contribution in [1.29, 1.82) is 5.26 Å². The fraction of sp³-hybridized carbons (Fsp3) is 0.190. The summed E-state index contributed by atoms with van der Waals surface area (Å²) in [5.41, 5.74) is 0.407. The maximum Gasteiger partial charge on any atom is 0.273 e. The number of carbonyl (C=O) groups is 1. The Morgan fingerprint density at radius 2 is 2.03 bits per heavy atom. The molecule has 1 amide bonds. The Balaban J connectivity index is 1.80. The summed E-state index contributed by atoms with van der Waals surface area (Å²) < 4.78 is 20.6. The largest absolute Gasteiger partial charge is 0.453 e. The zero-order chi connectivity index (χ0) is 22.7. The van der Waals surface area contributed by atoms with Gasteiger partial charge in [0.2, 0.25) is 0 Å². The van der Waals surface area contributed by atoms with Crippen LogP contribution in [0.15, 0.2) is 30.3 Å². The van der Waals surface area contributed by atoms with Gasteiger partial charge >= 0.3 is 0 Å². The van der Waals surface area contributed by atoms with Crippen LogP contribution < -0.4 is 10.1 Å². The molecule has 0 saturated carbocycles. The Bertz CT molecular complexity index is 1190. The molecule has 0 radical (unpaired) electrons. The third-order valence-electron chi connectivity index (χ3n) is 4.23. The van der Waals surface area contributed by atoms with E-state index in [1.165, 1.54) is 30.3 Å². The minimum absolute atomic E-state index is 0.0166. The van der Waals surface area contributed by atoms with Crippen molar-refractivity contribution < 1.29 is 13.9 Å². The first kappa shape index (κ1) is 22.9. The van der Waals surface area contributed by atoms with Crippen LogP contribution in [0.5, 0.6) is 11.5 Å². The summed E-state index contributed by atoms with van der Waals surface area (Å²) in [6.45, 7) is 3.65. The summed E-state index contributed by atoms with van der Waals surface area (Å²) in [4.78, 5) is 19.5. The molecule has 31 heavy (non-hydrogen) atoms. The molecule has 2 aromatic carbocycles. The number of carbonyl (C=O) groups excluding carboxylic acids is 1. The van der Waals surface area contributed by atoms with E-state index in [-0.39, 0.29) is 56.0 Å². The topological polar surface area (TPSA) is 90.8 Å². The molecule has 6 nitrogen and oxygen atoms in total. The Labute approximate surface area is 192 Å². The molecule has 10 heteroatoms. The quantitative estimate of drug-likeness (QED) is 0.437. The number of amides is 1. The SMILES string of the molecule is CC(C)c1nc(C(=O)NCc2ccc(Cl)c(Oc3cc(Cl)cc(C#N)c3)c2F)c(Cl)[nH]1. The number of nitrogens with one attached hydrogen (secondary N) is 2. The number of nitriles is 1. The Kier molecular flexibility index (Phi) is 7.06. The number of ether oxygens (including phenoxy) is 1. The summed E-state index contributed by atoms with van der Waals surface area (Å²) in [5.74, 6) is -0.793. The number of aromatic nitrogens is 2. The van der Waals surface area contributed by atoms with Gasteiger partial charge in [-0.15, -0.1) is 0 Å². The second kappa shape index (κ2) is 9.56. The highest BCUT2D eigenvalue weighted by Crippen LogP contribution is 2.35. The minimum atomic E-state index is -0.762. The van der Waals surface area contributed by atoms with Crippen LogP contribution in [0.4, 0.5) is 4.39 Å². The van der Waals surface area contributed by atoms with Gasteiger partial charge in [0.15, 0.2) is 17.3 Å². The van der Waals surface area contributed by atoms with Crippen molar-refractivity contribution >= 4 is 40.7 Å². The van der Waals surface area contributed by atoms with Crippen LogP contribution in [0.25, 0.3) is 0 Å². The standard InChI is InChI=1S/C21H16Cl3FN4O2/c1-10(2)20-28-17(19(24)29-20)21(30)27-9-12-3-4-15(23)18(16(12)25)31-14-6-11(8-26)5-13(22)7-14/h3-7,10H,9H2,1-2H3,(H,27,30)(H,28,29). The van der Waals surface area contributed by atoms with Crippen molar-refractivity contribution in [3.05, 3.63) is 74.0 Å². The van der Waals surface area contributed by atoms with Gasteiger partial charge in [-0.25, -0.2) is 9.37 Å². The fourth-order valence-corrected chi connectivity index (χ4v) is 3.29. The second-order valence-corrected chi connectivity index (χ2v) is 8.08. The van der Waals surface area contributed by atoms with Gasteiger partial charge in [0.05, 0.1) is 16.7 Å². The normalized spacial score (nSPS) is 10.8. The van der Waals surface area contributed by atoms with Crippen molar-refractivity contribution in [2.45, 2.75) is 26.3 Å². The van der Waals surface area contributed by atoms with E-state index in [0.717, 1.165) is 0 Å². The lowest BCUT2D eigenvalue weighted by molar-refractivity contribution is 0.0946. The van der Waals surface area contributed by atoms with Gasteiger partial charge in [-0.2, -0.15) is 5.26 Å². The molecule has 0 aliphatic heterocycles. The Morgan fingerprint density at radius 1 is 1.29 bits per heavy atom. The average Bonchev–Trinajstić information content (AvgIpc) is 3.12. The molecule has 0 bridgehead atoms. The molecule has 1 aromatic heterocycles. The first-order chi connectivity index (χ1) is 14.7. The van der Waals surface area contributed by atoms with E-state index in [2.05, 4.69) is 15.3 Å². The first-order valence-corrected chi connectivity index (χ1v) is 10.2. The molecule has 3 rings (SSSR count). The van der Waals surface area contributed by atoms with Gasteiger partial charge in [-0.05, 0) is 24.3 Å². The number of hydrogen-bond donors (Lipinski definition) is 2. The van der Waals surface area contributed by atoms with Gasteiger partial charge in [0.25, 0.3) is 5.91 Å². The van der Waals surface area contributed by atoms with Gasteiger partial charge < -0.3 is 15.0 Å². The number of aromatic amines is 1. The summed E-state index contributed by atoms with van der Waals surface area (Å²) in [7, 11) is 0. The maximum absolute atomic E-state index is 15.0. The van der Waals surface area contributed by atoms with Gasteiger partial charge in [0.1, 0.15) is 16.7 Å². The van der Waals surface area contributed by atoms with E-state index in [4.69, 9.17) is 44.8 Å².